The van der Waals surface area contributed by atoms with Crippen molar-refractivity contribution >= 4 is 67.8 Å². The number of hydrogen-bond donors (Lipinski definition) is 1. The van der Waals surface area contributed by atoms with Crippen LogP contribution in [-0.4, -0.2) is 45.1 Å². The van der Waals surface area contributed by atoms with Gasteiger partial charge < -0.3 is 15.2 Å². The summed E-state index contributed by atoms with van der Waals surface area (Å²) < 4.78 is 11.9. The first kappa shape index (κ1) is 39.5. The van der Waals surface area contributed by atoms with Gasteiger partial charge in [-0.15, -0.1) is 12.4 Å². The van der Waals surface area contributed by atoms with Crippen LogP contribution >= 0.6 is 55.9 Å². The molecule has 2 aromatic heterocycles. The van der Waals surface area contributed by atoms with Gasteiger partial charge in [0.25, 0.3) is 0 Å². The standard InChI is InChI=1S/C18H19BrN2O2.C10H12BrN.C7H7ClN2O2.ClH/c1-2-23-17(22)13-11-20-16(21-12-13)10-18(7-4-8-18)14-5-3-6-15(19)9-14;11-9-4-1-3-8(7-9)10(12)5-2-6-10;1-2-12-6(11)5-3-9-7(8)10-4-5;/h3,5-6,9,11-12H,2,4,7-8,10H2,1H3;1,3-4,7H,2,5-6,12H2;3-4H,2H2,1H3;1H. The topological polar surface area (TPSA) is 130 Å². The van der Waals surface area contributed by atoms with Gasteiger partial charge in [0.2, 0.25) is 5.28 Å². The van der Waals surface area contributed by atoms with Crippen LogP contribution in [0.2, 0.25) is 5.28 Å². The Kier molecular flexibility index (Phi) is 15.4. The molecule has 0 bridgehead atoms. The van der Waals surface area contributed by atoms with Gasteiger partial charge in [0, 0.05) is 51.1 Å². The van der Waals surface area contributed by atoms with E-state index in [9.17, 15) is 9.59 Å². The first-order valence-corrected chi connectivity index (χ1v) is 17.5. The van der Waals surface area contributed by atoms with Gasteiger partial charge in [0.1, 0.15) is 5.82 Å². The quantitative estimate of drug-likeness (QED) is 0.137. The molecule has 0 atom stereocenters. The highest BCUT2D eigenvalue weighted by Crippen LogP contribution is 2.46. The lowest BCUT2D eigenvalue weighted by molar-refractivity contribution is 0.0515. The fourth-order valence-corrected chi connectivity index (χ4v) is 6.23. The molecule has 2 saturated carbocycles. The molecule has 4 aromatic rings. The number of hydrogen-bond acceptors (Lipinski definition) is 9. The van der Waals surface area contributed by atoms with Crippen molar-refractivity contribution in [2.24, 2.45) is 5.73 Å². The minimum atomic E-state index is -0.436. The second-order valence-corrected chi connectivity index (χ2v) is 13.6. The van der Waals surface area contributed by atoms with Gasteiger partial charge in [-0.05, 0) is 92.9 Å². The van der Waals surface area contributed by atoms with E-state index in [-0.39, 0.29) is 34.6 Å². The van der Waals surface area contributed by atoms with Gasteiger partial charge in [-0.25, -0.2) is 29.5 Å². The van der Waals surface area contributed by atoms with Crippen LogP contribution in [0.1, 0.15) is 90.0 Å². The fourth-order valence-electron chi connectivity index (χ4n) is 5.33. The average molecular weight is 824 g/mol. The van der Waals surface area contributed by atoms with Gasteiger partial charge >= 0.3 is 11.9 Å². The van der Waals surface area contributed by atoms with Crippen LogP contribution in [0.5, 0.6) is 0 Å². The molecule has 13 heteroatoms. The van der Waals surface area contributed by atoms with Gasteiger partial charge in [0.05, 0.1) is 24.3 Å². The molecule has 9 nitrogen and oxygen atoms in total. The number of ether oxygens (including phenoxy) is 2. The van der Waals surface area contributed by atoms with E-state index in [0.717, 1.165) is 46.9 Å². The lowest BCUT2D eigenvalue weighted by Gasteiger charge is -2.42. The Morgan fingerprint density at radius 3 is 1.65 bits per heavy atom. The molecule has 2 N–H and O–H groups in total. The first-order valence-electron chi connectivity index (χ1n) is 15.5. The first-order chi connectivity index (χ1) is 22.6. The van der Waals surface area contributed by atoms with E-state index in [0.29, 0.717) is 24.3 Å². The Morgan fingerprint density at radius 2 is 1.23 bits per heavy atom. The van der Waals surface area contributed by atoms with Gasteiger partial charge in [-0.3, -0.25) is 0 Å². The monoisotopic (exact) mass is 821 g/mol. The van der Waals surface area contributed by atoms with Gasteiger partial charge in [-0.1, -0.05) is 62.5 Å². The summed E-state index contributed by atoms with van der Waals surface area (Å²) in [4.78, 5) is 38.7. The number of carbonyl (C=O) groups excluding carboxylic acids is 2. The van der Waals surface area contributed by atoms with E-state index in [1.165, 1.54) is 36.4 Å². The summed E-state index contributed by atoms with van der Waals surface area (Å²) in [6, 6.07) is 16.8. The van der Waals surface area contributed by atoms with Crippen LogP contribution in [-0.2, 0) is 26.8 Å². The van der Waals surface area contributed by atoms with Crippen LogP contribution < -0.4 is 5.73 Å². The maximum atomic E-state index is 11.7. The Labute approximate surface area is 309 Å². The predicted octanol–water partition coefficient (Wildman–Crippen LogP) is 8.60. The number of carbonyl (C=O) groups is 2. The maximum Gasteiger partial charge on any atom is 0.341 e. The highest BCUT2D eigenvalue weighted by atomic mass is 79.9. The summed E-state index contributed by atoms with van der Waals surface area (Å²) in [5.74, 6) is -0.0312. The summed E-state index contributed by atoms with van der Waals surface area (Å²) in [7, 11) is 0. The van der Waals surface area contributed by atoms with E-state index in [4.69, 9.17) is 26.8 Å². The second-order valence-electron chi connectivity index (χ2n) is 11.4. The largest absolute Gasteiger partial charge is 0.462 e. The highest BCUT2D eigenvalue weighted by Gasteiger charge is 2.39. The predicted molar refractivity (Wildman–Crippen MR) is 195 cm³/mol. The molecule has 2 heterocycles. The van der Waals surface area contributed by atoms with Crippen LogP contribution in [0.25, 0.3) is 0 Å². The van der Waals surface area contributed by atoms with Crippen LogP contribution in [0.4, 0.5) is 0 Å². The normalized spacial score (nSPS) is 15.0. The Morgan fingerprint density at radius 1 is 0.771 bits per heavy atom. The summed E-state index contributed by atoms with van der Waals surface area (Å²) in [6.07, 6.45) is 13.6. The van der Waals surface area contributed by atoms with Crippen molar-refractivity contribution in [3.8, 4) is 0 Å². The lowest BCUT2D eigenvalue weighted by atomic mass is 9.62. The van der Waals surface area contributed by atoms with Crippen molar-refractivity contribution in [2.45, 2.75) is 69.7 Å². The van der Waals surface area contributed by atoms with E-state index in [2.05, 4.69) is 82.1 Å². The number of nitrogens with zero attached hydrogens (tertiary/aromatic N) is 4. The van der Waals surface area contributed by atoms with Gasteiger partial charge in [-0.2, -0.15) is 0 Å². The third-order valence-electron chi connectivity index (χ3n) is 8.24. The Hall–Kier alpha value is -2.96. The molecule has 2 aromatic carbocycles. The van der Waals surface area contributed by atoms with Crippen LogP contribution in [0, 0.1) is 0 Å². The molecule has 0 radical (unpaired) electrons. The van der Waals surface area contributed by atoms with E-state index in [1.807, 2.05) is 18.2 Å². The van der Waals surface area contributed by atoms with E-state index >= 15 is 0 Å². The molecule has 2 aliphatic carbocycles. The number of halogens is 4. The Balaban J connectivity index is 0.000000212. The van der Waals surface area contributed by atoms with E-state index < -0.39 is 5.97 Å². The SMILES string of the molecule is CCOC(=O)c1cnc(CC2(c3cccc(Br)c3)CCC2)nc1.CCOC(=O)c1cnc(Cl)nc1.Cl.NC1(c2cccc(Br)c2)CCC1. The molecular weight excluding hydrogens is 785 g/mol. The molecule has 0 amide bonds. The third kappa shape index (κ3) is 10.8. The number of aromatic nitrogens is 4. The lowest BCUT2D eigenvalue weighted by Crippen LogP contribution is -2.43. The summed E-state index contributed by atoms with van der Waals surface area (Å²) in [5, 5.41) is 0.114. The number of benzene rings is 2. The fraction of sp³-hybridized carbons (Fsp3) is 0.371. The van der Waals surface area contributed by atoms with Crippen molar-refractivity contribution < 1.29 is 19.1 Å². The number of rotatable bonds is 8. The molecule has 0 unspecified atom stereocenters. The van der Waals surface area contributed by atoms with Crippen molar-refractivity contribution in [2.75, 3.05) is 13.2 Å². The molecular formula is C35H39Br2Cl2N5O4. The zero-order chi connectivity index (χ0) is 33.9. The van der Waals surface area contributed by atoms with E-state index in [1.54, 1.807) is 26.2 Å². The molecule has 2 fully saturated rings. The molecule has 256 valence electrons. The molecule has 0 aliphatic heterocycles. The average Bonchev–Trinajstić information content (AvgIpc) is 3.03. The van der Waals surface area contributed by atoms with Crippen molar-refractivity contribution in [3.05, 3.63) is 116 Å². The molecule has 6 rings (SSSR count). The van der Waals surface area contributed by atoms with Crippen LogP contribution in [0.15, 0.2) is 82.3 Å². The summed E-state index contributed by atoms with van der Waals surface area (Å²) >= 11 is 12.4. The maximum absolute atomic E-state index is 11.7. The van der Waals surface area contributed by atoms with Crippen LogP contribution in [0.3, 0.4) is 0 Å². The summed E-state index contributed by atoms with van der Waals surface area (Å²) in [5.41, 5.74) is 9.58. The van der Waals surface area contributed by atoms with Crippen molar-refractivity contribution in [1.82, 2.24) is 19.9 Å². The second kappa shape index (κ2) is 18.7. The van der Waals surface area contributed by atoms with Gasteiger partial charge in [0.15, 0.2) is 0 Å². The number of nitrogens with two attached hydrogens (primary N) is 1. The molecule has 0 saturated heterocycles. The zero-order valence-electron chi connectivity index (χ0n) is 26.8. The van der Waals surface area contributed by atoms with Crippen molar-refractivity contribution in [3.63, 3.8) is 0 Å². The highest BCUT2D eigenvalue weighted by molar-refractivity contribution is 9.10. The minimum Gasteiger partial charge on any atom is -0.462 e. The minimum absolute atomic E-state index is 0. The smallest absolute Gasteiger partial charge is 0.341 e. The third-order valence-corrected chi connectivity index (χ3v) is 9.42. The summed E-state index contributed by atoms with van der Waals surface area (Å²) in [6.45, 7) is 4.20. The number of esters is 2. The zero-order valence-corrected chi connectivity index (χ0v) is 31.6. The molecule has 0 spiro atoms. The van der Waals surface area contributed by atoms with Crippen molar-refractivity contribution in [1.29, 1.82) is 0 Å². The molecule has 48 heavy (non-hydrogen) atoms. The molecule has 2 aliphatic rings. The Bertz CT molecular complexity index is 1640.